The molecule has 0 saturated carbocycles. The molecule has 0 aromatic heterocycles. The molecular weight excluding hydrogens is 200 g/mol. The highest BCUT2D eigenvalue weighted by Crippen LogP contribution is 2.15. The number of rotatable bonds is 3. The van der Waals surface area contributed by atoms with Crippen molar-refractivity contribution in [2.45, 2.75) is 0 Å². The molecule has 1 rings (SSSR count). The van der Waals surface area contributed by atoms with E-state index >= 15 is 0 Å². The highest BCUT2D eigenvalue weighted by atomic mass is 32.1. The number of ketones is 1. The molecule has 0 amide bonds. The van der Waals surface area contributed by atoms with Gasteiger partial charge in [0.25, 0.3) is 0 Å². The number of hydrogen-bond donors (Lipinski definition) is 3. The second kappa shape index (κ2) is 4.57. The molecule has 0 aliphatic heterocycles. The van der Waals surface area contributed by atoms with E-state index in [1.54, 1.807) is 18.2 Å². The van der Waals surface area contributed by atoms with E-state index in [4.69, 9.17) is 5.73 Å². The van der Waals surface area contributed by atoms with Crippen molar-refractivity contribution in [2.24, 2.45) is 5.73 Å². The zero-order chi connectivity index (χ0) is 10.6. The number of nitrogens with two attached hydrogens (primary N) is 1. The van der Waals surface area contributed by atoms with Crippen LogP contribution in [0.15, 0.2) is 24.3 Å². The number of para-hydroxylation sites is 1. The lowest BCUT2D eigenvalue weighted by Gasteiger charge is -2.04. The lowest BCUT2D eigenvalue weighted by molar-refractivity contribution is 0.0994. The molecule has 0 atom stereocenters. The predicted octanol–water partition coefficient (Wildman–Crippen LogP) is 0.408. The normalized spacial score (nSPS) is 9.43. The quantitative estimate of drug-likeness (QED) is 0.497. The maximum atomic E-state index is 11.4. The van der Waals surface area contributed by atoms with Crippen LogP contribution in [0.1, 0.15) is 10.4 Å². The maximum absolute atomic E-state index is 11.4. The minimum absolute atomic E-state index is 0.00704. The molecule has 4 nitrogen and oxygen atoms in total. The highest BCUT2D eigenvalue weighted by Gasteiger charge is 2.09. The van der Waals surface area contributed by atoms with Crippen molar-refractivity contribution in [3.05, 3.63) is 29.8 Å². The predicted molar refractivity (Wildman–Crippen MR) is 57.2 cm³/mol. The van der Waals surface area contributed by atoms with E-state index in [1.807, 2.05) is 0 Å². The minimum Gasteiger partial charge on any atom is -0.507 e. The lowest BCUT2D eigenvalue weighted by Crippen LogP contribution is -2.33. The summed E-state index contributed by atoms with van der Waals surface area (Å²) < 4.78 is 0. The summed E-state index contributed by atoms with van der Waals surface area (Å²) in [5.41, 5.74) is 5.42. The first-order valence-electron chi connectivity index (χ1n) is 3.95. The molecule has 0 spiro atoms. The van der Waals surface area contributed by atoms with Crippen molar-refractivity contribution in [3.8, 4) is 5.75 Å². The van der Waals surface area contributed by atoms with Crippen molar-refractivity contribution in [3.63, 3.8) is 0 Å². The Labute approximate surface area is 86.7 Å². The van der Waals surface area contributed by atoms with Gasteiger partial charge in [-0.3, -0.25) is 4.79 Å². The Bertz CT molecular complexity index is 366. The van der Waals surface area contributed by atoms with Gasteiger partial charge in [-0.25, -0.2) is 0 Å². The molecule has 0 heterocycles. The summed E-state index contributed by atoms with van der Waals surface area (Å²) in [5, 5.41) is 11.9. The molecule has 0 fully saturated rings. The summed E-state index contributed by atoms with van der Waals surface area (Å²) >= 11 is 4.55. The van der Waals surface area contributed by atoms with Crippen LogP contribution in [0.2, 0.25) is 0 Å². The first-order chi connectivity index (χ1) is 6.61. The number of benzene rings is 1. The number of phenols is 1. The van der Waals surface area contributed by atoms with Gasteiger partial charge in [0.2, 0.25) is 0 Å². The Kier molecular flexibility index (Phi) is 3.41. The smallest absolute Gasteiger partial charge is 0.185 e. The van der Waals surface area contributed by atoms with Gasteiger partial charge >= 0.3 is 0 Å². The van der Waals surface area contributed by atoms with Gasteiger partial charge in [0.05, 0.1) is 12.1 Å². The van der Waals surface area contributed by atoms with Gasteiger partial charge in [0, 0.05) is 0 Å². The molecule has 0 radical (unpaired) electrons. The summed E-state index contributed by atoms with van der Waals surface area (Å²) in [6, 6.07) is 6.31. The number of nitrogens with one attached hydrogen (secondary N) is 1. The Morgan fingerprint density at radius 3 is 2.71 bits per heavy atom. The zero-order valence-corrected chi connectivity index (χ0v) is 8.17. The van der Waals surface area contributed by atoms with Gasteiger partial charge in [-0.15, -0.1) is 0 Å². The second-order valence-electron chi connectivity index (χ2n) is 2.66. The maximum Gasteiger partial charge on any atom is 0.185 e. The Balaban J connectivity index is 2.70. The minimum atomic E-state index is -0.254. The number of thiocarbonyl (C=S) groups is 1. The third-order valence-corrected chi connectivity index (χ3v) is 1.77. The standard InChI is InChI=1S/C9H10N2O2S/c10-9(14)11-5-8(13)6-3-1-2-4-7(6)12/h1-4,12H,5H2,(H3,10,11,14). The van der Waals surface area contributed by atoms with Crippen molar-refractivity contribution in [1.29, 1.82) is 0 Å². The molecular formula is C9H10N2O2S. The summed E-state index contributed by atoms with van der Waals surface area (Å²) in [7, 11) is 0. The van der Waals surface area contributed by atoms with Crippen LogP contribution in [0.3, 0.4) is 0 Å². The number of phenolic OH excluding ortho intramolecular Hbond substituents is 1. The zero-order valence-electron chi connectivity index (χ0n) is 7.36. The fourth-order valence-corrected chi connectivity index (χ4v) is 1.04. The van der Waals surface area contributed by atoms with Crippen molar-refractivity contribution < 1.29 is 9.90 Å². The average molecular weight is 210 g/mol. The summed E-state index contributed by atoms with van der Waals surface area (Å²) in [6.45, 7) is -0.00704. The topological polar surface area (TPSA) is 75.3 Å². The number of hydrogen-bond acceptors (Lipinski definition) is 3. The molecule has 74 valence electrons. The van der Waals surface area contributed by atoms with E-state index in [9.17, 15) is 9.90 Å². The Hall–Kier alpha value is -1.62. The first kappa shape index (κ1) is 10.5. The van der Waals surface area contributed by atoms with Crippen LogP contribution in [0.25, 0.3) is 0 Å². The van der Waals surface area contributed by atoms with Crippen LogP contribution in [-0.2, 0) is 0 Å². The molecule has 0 bridgehead atoms. The van der Waals surface area contributed by atoms with E-state index in [2.05, 4.69) is 17.5 Å². The molecule has 0 aliphatic carbocycles. The number of aromatic hydroxyl groups is 1. The molecule has 14 heavy (non-hydrogen) atoms. The van der Waals surface area contributed by atoms with E-state index in [1.165, 1.54) is 6.07 Å². The average Bonchev–Trinajstić information content (AvgIpc) is 2.15. The van der Waals surface area contributed by atoms with E-state index in [0.717, 1.165) is 0 Å². The van der Waals surface area contributed by atoms with Crippen LogP contribution in [0, 0.1) is 0 Å². The van der Waals surface area contributed by atoms with Gasteiger partial charge in [0.1, 0.15) is 5.75 Å². The molecule has 0 unspecified atom stereocenters. The molecule has 5 heteroatoms. The van der Waals surface area contributed by atoms with Gasteiger partial charge in [-0.1, -0.05) is 12.1 Å². The largest absolute Gasteiger partial charge is 0.507 e. The fraction of sp³-hybridized carbons (Fsp3) is 0.111. The third-order valence-electron chi connectivity index (χ3n) is 1.63. The Morgan fingerprint density at radius 1 is 1.50 bits per heavy atom. The van der Waals surface area contributed by atoms with Crippen LogP contribution in [-0.4, -0.2) is 22.5 Å². The van der Waals surface area contributed by atoms with E-state index in [0.29, 0.717) is 0 Å². The number of Topliss-reactive ketones (excluding diaryl/α,β-unsaturated/α-hetero) is 1. The van der Waals surface area contributed by atoms with Crippen molar-refractivity contribution in [2.75, 3.05) is 6.54 Å². The van der Waals surface area contributed by atoms with E-state index < -0.39 is 0 Å². The second-order valence-corrected chi connectivity index (χ2v) is 3.10. The van der Waals surface area contributed by atoms with Crippen LogP contribution in [0.4, 0.5) is 0 Å². The fourth-order valence-electron chi connectivity index (χ4n) is 0.972. The third kappa shape index (κ3) is 2.70. The van der Waals surface area contributed by atoms with E-state index in [-0.39, 0.29) is 28.8 Å². The van der Waals surface area contributed by atoms with Crippen molar-refractivity contribution >= 4 is 23.1 Å². The van der Waals surface area contributed by atoms with Gasteiger partial charge < -0.3 is 16.2 Å². The molecule has 0 aliphatic rings. The van der Waals surface area contributed by atoms with Gasteiger partial charge in [0.15, 0.2) is 10.9 Å². The molecule has 4 N–H and O–H groups in total. The van der Waals surface area contributed by atoms with Gasteiger partial charge in [-0.05, 0) is 24.4 Å². The number of carbonyl (C=O) groups excluding carboxylic acids is 1. The van der Waals surface area contributed by atoms with Crippen LogP contribution >= 0.6 is 12.2 Å². The Morgan fingerprint density at radius 2 is 2.14 bits per heavy atom. The highest BCUT2D eigenvalue weighted by molar-refractivity contribution is 7.80. The number of carbonyl (C=O) groups is 1. The summed E-state index contributed by atoms with van der Waals surface area (Å²) in [6.07, 6.45) is 0. The molecule has 1 aromatic carbocycles. The van der Waals surface area contributed by atoms with Crippen LogP contribution in [0.5, 0.6) is 5.75 Å². The molecule has 0 saturated heterocycles. The van der Waals surface area contributed by atoms with Crippen LogP contribution < -0.4 is 11.1 Å². The lowest BCUT2D eigenvalue weighted by atomic mass is 10.1. The monoisotopic (exact) mass is 210 g/mol. The van der Waals surface area contributed by atoms with Crippen molar-refractivity contribution in [1.82, 2.24) is 5.32 Å². The summed E-state index contributed by atoms with van der Waals surface area (Å²) in [4.78, 5) is 11.4. The first-order valence-corrected chi connectivity index (χ1v) is 4.36. The summed E-state index contributed by atoms with van der Waals surface area (Å²) in [5.74, 6) is -0.293. The molecule has 1 aromatic rings. The SMILES string of the molecule is NC(=S)NCC(=O)c1ccccc1O. The van der Waals surface area contributed by atoms with Gasteiger partial charge in [-0.2, -0.15) is 0 Å².